The van der Waals surface area contributed by atoms with Crippen LogP contribution < -0.4 is 0 Å². The van der Waals surface area contributed by atoms with Gasteiger partial charge in [-0.3, -0.25) is 4.79 Å². The second kappa shape index (κ2) is 19.4. The summed E-state index contributed by atoms with van der Waals surface area (Å²) < 4.78 is 11.6. The molecule has 3 aromatic rings. The van der Waals surface area contributed by atoms with Crippen molar-refractivity contribution in [3.05, 3.63) is 70.5 Å². The largest absolute Gasteiger partial charge is 0.473 e. The second-order valence-electron chi connectivity index (χ2n) is 11.4. The average Bonchev–Trinajstić information content (AvgIpc) is 3.39. The molecule has 0 fully saturated rings. The number of unbranched alkanes of at least 4 members (excludes halogenated alkanes) is 3. The number of hydrogen-bond donors (Lipinski definition) is 2. The van der Waals surface area contributed by atoms with Crippen LogP contribution in [0, 0.1) is 0 Å². The topological polar surface area (TPSA) is 134 Å². The lowest BCUT2D eigenvalue weighted by Crippen LogP contribution is -2.27. The van der Waals surface area contributed by atoms with Crippen LogP contribution in [-0.2, 0) is 27.2 Å². The summed E-state index contributed by atoms with van der Waals surface area (Å²) in [6, 6.07) is 13.4. The number of carboxylic acids is 2. The van der Waals surface area contributed by atoms with Crippen LogP contribution >= 0.6 is 0 Å². The number of rotatable bonds is 17. The van der Waals surface area contributed by atoms with Gasteiger partial charge in [-0.1, -0.05) is 76.4 Å². The summed E-state index contributed by atoms with van der Waals surface area (Å²) in [6.07, 6.45) is 9.38. The zero-order chi connectivity index (χ0) is 33.4. The van der Waals surface area contributed by atoms with Gasteiger partial charge in [0.15, 0.2) is 5.78 Å². The molecule has 0 spiro atoms. The van der Waals surface area contributed by atoms with Crippen LogP contribution in [0.25, 0.3) is 11.0 Å². The van der Waals surface area contributed by atoms with Crippen molar-refractivity contribution in [3.8, 4) is 0 Å². The zero-order valence-corrected chi connectivity index (χ0v) is 27.4. The van der Waals surface area contributed by atoms with Crippen molar-refractivity contribution in [2.45, 2.75) is 98.5 Å². The Kier molecular flexibility index (Phi) is 16.1. The minimum absolute atomic E-state index is 0.0638. The van der Waals surface area contributed by atoms with E-state index in [1.807, 2.05) is 32.0 Å². The molecule has 45 heavy (non-hydrogen) atoms. The van der Waals surface area contributed by atoms with Crippen LogP contribution in [0.5, 0.6) is 0 Å². The van der Waals surface area contributed by atoms with E-state index < -0.39 is 17.9 Å². The maximum atomic E-state index is 13.8. The number of hydrogen-bond acceptors (Lipinski definition) is 7. The van der Waals surface area contributed by atoms with E-state index in [4.69, 9.17) is 29.0 Å². The van der Waals surface area contributed by atoms with Crippen molar-refractivity contribution in [2.75, 3.05) is 19.6 Å². The number of ketones is 1. The van der Waals surface area contributed by atoms with E-state index in [1.54, 1.807) is 12.1 Å². The molecule has 0 amide bonds. The maximum Gasteiger partial charge on any atom is 0.414 e. The Hall–Kier alpha value is -3.98. The Morgan fingerprint density at radius 1 is 0.778 bits per heavy atom. The molecular formula is C36H49NO8. The molecule has 0 saturated carbocycles. The third-order valence-electron chi connectivity index (χ3n) is 7.33. The number of ether oxygens (including phenoxy) is 1. The quantitative estimate of drug-likeness (QED) is 0.0887. The number of aryl methyl sites for hydroxylation is 2. The summed E-state index contributed by atoms with van der Waals surface area (Å²) in [5, 5.41) is 15.5. The Bertz CT molecular complexity index is 1370. The first-order valence-electron chi connectivity index (χ1n) is 16.1. The van der Waals surface area contributed by atoms with Crippen LogP contribution in [-0.4, -0.2) is 64.5 Å². The number of furan rings is 1. The van der Waals surface area contributed by atoms with Crippen molar-refractivity contribution < 1.29 is 38.5 Å². The van der Waals surface area contributed by atoms with Crippen molar-refractivity contribution in [1.82, 2.24) is 4.90 Å². The van der Waals surface area contributed by atoms with Gasteiger partial charge in [0, 0.05) is 17.4 Å². The van der Waals surface area contributed by atoms with Crippen molar-refractivity contribution in [2.24, 2.45) is 0 Å². The molecule has 2 N–H and O–H groups in total. The highest BCUT2D eigenvalue weighted by atomic mass is 16.5. The van der Waals surface area contributed by atoms with E-state index in [2.05, 4.69) is 37.8 Å². The lowest BCUT2D eigenvalue weighted by atomic mass is 9.96. The van der Waals surface area contributed by atoms with Gasteiger partial charge in [-0.15, -0.1) is 0 Å². The van der Waals surface area contributed by atoms with Crippen LogP contribution in [0.3, 0.4) is 0 Å². The summed E-state index contributed by atoms with van der Waals surface area (Å²) in [5.74, 6) is -3.50. The predicted octanol–water partition coefficient (Wildman–Crippen LogP) is 7.56. The standard InChI is InChI=1S/C34H47NO4.C2H2O4/c1-6-9-17-30-31(28-15-12-16-29(33(28)39-30)34(37)38-25(4)5)32(36)27-20-18-26(19-21-27)14-13-24-35(22-10-7-2)23-11-8-3;3-1(4)2(5)6/h12,15-16,18-21,25H,6-11,13-14,17,22-24H2,1-5H3;(H,3,4)(H,5,6). The molecule has 1 aromatic heterocycles. The fraction of sp³-hybridized carbons (Fsp3) is 0.500. The van der Waals surface area contributed by atoms with Crippen LogP contribution in [0.15, 0.2) is 46.9 Å². The third-order valence-corrected chi connectivity index (χ3v) is 7.33. The molecule has 0 aliphatic heterocycles. The number of nitrogens with zero attached hydrogens (tertiary/aromatic N) is 1. The van der Waals surface area contributed by atoms with E-state index in [9.17, 15) is 9.59 Å². The zero-order valence-electron chi connectivity index (χ0n) is 27.4. The van der Waals surface area contributed by atoms with Gasteiger partial charge in [0.05, 0.1) is 11.7 Å². The predicted molar refractivity (Wildman–Crippen MR) is 175 cm³/mol. The van der Waals surface area contributed by atoms with Crippen LogP contribution in [0.2, 0.25) is 0 Å². The monoisotopic (exact) mass is 623 g/mol. The smallest absolute Gasteiger partial charge is 0.414 e. The normalized spacial score (nSPS) is 11.0. The number of fused-ring (bicyclic) bond motifs is 1. The molecule has 0 bridgehead atoms. The summed E-state index contributed by atoms with van der Waals surface area (Å²) in [6.45, 7) is 13.7. The summed E-state index contributed by atoms with van der Waals surface area (Å²) >= 11 is 0. The Morgan fingerprint density at radius 3 is 1.89 bits per heavy atom. The first-order chi connectivity index (χ1) is 21.5. The summed E-state index contributed by atoms with van der Waals surface area (Å²) in [5.41, 5.74) is 3.25. The molecule has 246 valence electrons. The van der Waals surface area contributed by atoms with E-state index in [0.717, 1.165) is 32.2 Å². The van der Waals surface area contributed by atoms with Gasteiger partial charge in [0.2, 0.25) is 0 Å². The highest BCUT2D eigenvalue weighted by Gasteiger charge is 2.25. The molecule has 9 nitrogen and oxygen atoms in total. The van der Waals surface area contributed by atoms with E-state index in [-0.39, 0.29) is 11.9 Å². The molecule has 3 rings (SSSR count). The van der Waals surface area contributed by atoms with Gasteiger partial charge in [-0.25, -0.2) is 14.4 Å². The molecule has 1 heterocycles. The second-order valence-corrected chi connectivity index (χ2v) is 11.4. The fourth-order valence-corrected chi connectivity index (χ4v) is 4.94. The highest BCUT2D eigenvalue weighted by Crippen LogP contribution is 2.32. The highest BCUT2D eigenvalue weighted by molar-refractivity contribution is 6.27. The van der Waals surface area contributed by atoms with Crippen molar-refractivity contribution in [3.63, 3.8) is 0 Å². The first kappa shape index (κ1) is 37.2. The summed E-state index contributed by atoms with van der Waals surface area (Å²) in [4.78, 5) is 47.3. The molecule has 0 unspecified atom stereocenters. The third kappa shape index (κ3) is 11.8. The van der Waals surface area contributed by atoms with E-state index in [1.165, 1.54) is 44.3 Å². The Morgan fingerprint density at radius 2 is 1.36 bits per heavy atom. The fourth-order valence-electron chi connectivity index (χ4n) is 4.94. The molecule has 0 radical (unpaired) electrons. The van der Waals surface area contributed by atoms with Gasteiger partial charge >= 0.3 is 17.9 Å². The van der Waals surface area contributed by atoms with Crippen LogP contribution in [0.4, 0.5) is 0 Å². The van der Waals surface area contributed by atoms with E-state index >= 15 is 0 Å². The number of esters is 1. The van der Waals surface area contributed by atoms with Crippen molar-refractivity contribution >= 4 is 34.7 Å². The average molecular weight is 624 g/mol. The number of carboxylic acid groups (broad SMARTS) is 2. The lowest BCUT2D eigenvalue weighted by Gasteiger charge is -2.21. The first-order valence-corrected chi connectivity index (χ1v) is 16.1. The lowest BCUT2D eigenvalue weighted by molar-refractivity contribution is -0.159. The van der Waals surface area contributed by atoms with E-state index in [0.29, 0.717) is 39.8 Å². The number of carbonyl (C=O) groups is 4. The minimum Gasteiger partial charge on any atom is -0.473 e. The SMILES string of the molecule is CCCCc1oc2c(C(=O)OC(C)C)cccc2c1C(=O)c1ccc(CCCN(CCCC)CCCC)cc1.O=C(O)C(=O)O. The van der Waals surface area contributed by atoms with Crippen LogP contribution in [0.1, 0.15) is 117 Å². The molecule has 0 aliphatic carbocycles. The molecule has 2 aromatic carbocycles. The number of para-hydroxylation sites is 1. The molecular weight excluding hydrogens is 574 g/mol. The Labute approximate surface area is 266 Å². The number of aliphatic carboxylic acids is 2. The van der Waals surface area contributed by atoms with Gasteiger partial charge in [0.1, 0.15) is 16.9 Å². The molecule has 0 atom stereocenters. The summed E-state index contributed by atoms with van der Waals surface area (Å²) in [7, 11) is 0. The molecule has 0 aliphatic rings. The van der Waals surface area contributed by atoms with Gasteiger partial charge < -0.3 is 24.3 Å². The van der Waals surface area contributed by atoms with Gasteiger partial charge in [-0.05, 0) is 77.2 Å². The van der Waals surface area contributed by atoms with Gasteiger partial charge in [0.25, 0.3) is 0 Å². The number of benzene rings is 2. The molecule has 9 heteroatoms. The number of carbonyl (C=O) groups excluding carboxylic acids is 2. The van der Waals surface area contributed by atoms with Gasteiger partial charge in [-0.2, -0.15) is 0 Å². The Balaban J connectivity index is 0.00000107. The maximum absolute atomic E-state index is 13.8. The minimum atomic E-state index is -1.82. The van der Waals surface area contributed by atoms with Crippen molar-refractivity contribution in [1.29, 1.82) is 0 Å². The molecule has 0 saturated heterocycles.